The van der Waals surface area contributed by atoms with Crippen LogP contribution in [-0.2, 0) is 4.74 Å². The molecular weight excluding hydrogens is 462 g/mol. The summed E-state index contributed by atoms with van der Waals surface area (Å²) in [4.78, 5) is 22.5. The highest BCUT2D eigenvalue weighted by atomic mass is 16.5. The van der Waals surface area contributed by atoms with Crippen LogP contribution in [0.4, 0.5) is 0 Å². The highest BCUT2D eigenvalue weighted by molar-refractivity contribution is 5.94. The molecule has 0 saturated carbocycles. The van der Waals surface area contributed by atoms with Gasteiger partial charge < -0.3 is 29.7 Å². The second-order valence-corrected chi connectivity index (χ2v) is 9.00. The van der Waals surface area contributed by atoms with Crippen LogP contribution in [0.2, 0.25) is 0 Å². The van der Waals surface area contributed by atoms with Crippen LogP contribution in [0.15, 0.2) is 34.9 Å². The Labute approximate surface area is 210 Å². The van der Waals surface area contributed by atoms with Gasteiger partial charge in [-0.15, -0.1) is 0 Å². The van der Waals surface area contributed by atoms with Crippen molar-refractivity contribution in [1.29, 1.82) is 0 Å². The van der Waals surface area contributed by atoms with E-state index >= 15 is 0 Å². The Morgan fingerprint density at radius 1 is 1.28 bits per heavy atom. The van der Waals surface area contributed by atoms with Gasteiger partial charge >= 0.3 is 0 Å². The van der Waals surface area contributed by atoms with Crippen molar-refractivity contribution in [3.05, 3.63) is 47.5 Å². The largest absolute Gasteiger partial charge is 0.491 e. The maximum Gasteiger partial charge on any atom is 0.270 e. The molecular formula is C26H33N5O5. The summed E-state index contributed by atoms with van der Waals surface area (Å²) >= 11 is 0. The van der Waals surface area contributed by atoms with Crippen LogP contribution in [0.1, 0.15) is 34.8 Å². The van der Waals surface area contributed by atoms with Crippen LogP contribution in [0.3, 0.4) is 0 Å². The molecule has 1 saturated heterocycles. The molecule has 0 aliphatic carbocycles. The molecule has 2 atom stereocenters. The Morgan fingerprint density at radius 2 is 2.14 bits per heavy atom. The van der Waals surface area contributed by atoms with Crippen LogP contribution >= 0.6 is 0 Å². The first-order valence-corrected chi connectivity index (χ1v) is 12.2. The van der Waals surface area contributed by atoms with Crippen molar-refractivity contribution in [3.8, 4) is 28.4 Å². The summed E-state index contributed by atoms with van der Waals surface area (Å²) in [6.07, 6.45) is 1.39. The van der Waals surface area contributed by atoms with Crippen LogP contribution < -0.4 is 15.4 Å². The van der Waals surface area contributed by atoms with E-state index in [0.29, 0.717) is 54.0 Å². The van der Waals surface area contributed by atoms with E-state index in [4.69, 9.17) is 19.0 Å². The monoisotopic (exact) mass is 495 g/mol. The zero-order chi connectivity index (χ0) is 25.5. The van der Waals surface area contributed by atoms with E-state index in [1.54, 1.807) is 25.2 Å². The van der Waals surface area contributed by atoms with Crippen molar-refractivity contribution in [1.82, 2.24) is 25.8 Å². The average molecular weight is 496 g/mol. The molecule has 2 aromatic heterocycles. The lowest BCUT2D eigenvalue weighted by molar-refractivity contribution is 0.0535. The summed E-state index contributed by atoms with van der Waals surface area (Å²) in [5.41, 5.74) is 2.90. The van der Waals surface area contributed by atoms with Gasteiger partial charge in [-0.3, -0.25) is 4.79 Å². The summed E-state index contributed by atoms with van der Waals surface area (Å²) in [6.45, 7) is 6.16. The molecule has 1 fully saturated rings. The number of rotatable bonds is 10. The smallest absolute Gasteiger partial charge is 0.270 e. The Kier molecular flexibility index (Phi) is 8.63. The summed E-state index contributed by atoms with van der Waals surface area (Å²) in [7, 11) is 1.77. The number of aliphatic hydroxyl groups is 1. The van der Waals surface area contributed by atoms with Gasteiger partial charge in [0, 0.05) is 25.3 Å². The van der Waals surface area contributed by atoms with Crippen molar-refractivity contribution >= 4 is 5.91 Å². The number of hydrogen-bond donors (Lipinski definition) is 3. The molecule has 192 valence electrons. The van der Waals surface area contributed by atoms with Crippen LogP contribution in [-0.4, -0.2) is 72.2 Å². The molecule has 4 rings (SSSR count). The van der Waals surface area contributed by atoms with E-state index in [1.807, 2.05) is 26.0 Å². The van der Waals surface area contributed by atoms with E-state index in [1.165, 1.54) is 0 Å². The predicted octanol–water partition coefficient (Wildman–Crippen LogP) is 2.53. The minimum atomic E-state index is -0.636. The molecule has 1 aliphatic rings. The molecule has 0 radical (unpaired) electrons. The zero-order valence-electron chi connectivity index (χ0n) is 20.9. The first-order chi connectivity index (χ1) is 17.4. The van der Waals surface area contributed by atoms with Gasteiger partial charge in [0.05, 0.1) is 23.6 Å². The number of ether oxygens (including phenoxy) is 2. The number of nitrogens with one attached hydrogen (secondary N) is 2. The molecule has 3 heterocycles. The fraction of sp³-hybridized carbons (Fsp3) is 0.462. The second-order valence-electron chi connectivity index (χ2n) is 9.00. The highest BCUT2D eigenvalue weighted by Gasteiger charge is 2.21. The minimum Gasteiger partial charge on any atom is -0.491 e. The quantitative estimate of drug-likeness (QED) is 0.388. The van der Waals surface area contributed by atoms with Crippen LogP contribution in [0.5, 0.6) is 5.75 Å². The maximum atomic E-state index is 13.1. The molecule has 1 aromatic carbocycles. The van der Waals surface area contributed by atoms with E-state index in [0.717, 1.165) is 25.0 Å². The number of benzene rings is 1. The summed E-state index contributed by atoms with van der Waals surface area (Å²) in [5, 5.41) is 19.9. The summed E-state index contributed by atoms with van der Waals surface area (Å²) in [5.74, 6) is 1.56. The number of aliphatic hydroxyl groups excluding tert-OH is 1. The van der Waals surface area contributed by atoms with Crippen LogP contribution in [0.25, 0.3) is 22.6 Å². The number of aryl methyl sites for hydroxylation is 2. The van der Waals surface area contributed by atoms with Gasteiger partial charge in [-0.25, -0.2) is 9.97 Å². The number of carbonyl (C=O) groups is 1. The lowest BCUT2D eigenvalue weighted by atomic mass is 10.0. The standard InChI is InChI=1S/C26H33N5O5/c1-16-24(17(2)36-31-16)22-11-23(26(33)28-12-18-6-5-9-34-14-18)30-25(29-22)19-7-4-8-21(10-19)35-15-20(32)13-27-3/h4,7-8,10-11,18,20,27,32H,5-6,9,12-15H2,1-3H3,(H,28,33). The highest BCUT2D eigenvalue weighted by Crippen LogP contribution is 2.29. The first kappa shape index (κ1) is 25.7. The summed E-state index contributed by atoms with van der Waals surface area (Å²) < 4.78 is 16.6. The van der Waals surface area contributed by atoms with Gasteiger partial charge in [0.2, 0.25) is 0 Å². The van der Waals surface area contributed by atoms with Crippen molar-refractivity contribution < 1.29 is 23.9 Å². The second kappa shape index (κ2) is 12.1. The fourth-order valence-corrected chi connectivity index (χ4v) is 4.18. The molecule has 1 aliphatic heterocycles. The SMILES string of the molecule is CNCC(O)COc1cccc(-c2nc(C(=O)NCC3CCCOC3)cc(-c3c(C)noc3C)n2)c1. The summed E-state index contributed by atoms with van der Waals surface area (Å²) in [6, 6.07) is 8.93. The number of hydrogen-bond acceptors (Lipinski definition) is 9. The van der Waals surface area contributed by atoms with Gasteiger partial charge in [-0.05, 0) is 57.9 Å². The number of carbonyl (C=O) groups excluding carboxylic acids is 1. The Bertz CT molecular complexity index is 1160. The van der Waals surface area contributed by atoms with Crippen molar-refractivity contribution in [2.45, 2.75) is 32.8 Å². The normalized spacial score (nSPS) is 16.5. The number of nitrogens with zero attached hydrogens (tertiary/aromatic N) is 3. The average Bonchev–Trinajstić information content (AvgIpc) is 3.24. The molecule has 10 nitrogen and oxygen atoms in total. The lowest BCUT2D eigenvalue weighted by Gasteiger charge is -2.22. The van der Waals surface area contributed by atoms with Gasteiger partial charge in [-0.2, -0.15) is 0 Å². The molecule has 1 amide bonds. The van der Waals surface area contributed by atoms with E-state index in [9.17, 15) is 9.90 Å². The van der Waals surface area contributed by atoms with Crippen molar-refractivity contribution in [2.75, 3.05) is 40.0 Å². The third-order valence-corrected chi connectivity index (χ3v) is 6.03. The Hall–Kier alpha value is -3.34. The van der Waals surface area contributed by atoms with E-state index in [2.05, 4.69) is 20.8 Å². The topological polar surface area (TPSA) is 132 Å². The molecule has 10 heteroatoms. The third kappa shape index (κ3) is 6.45. The molecule has 3 N–H and O–H groups in total. The first-order valence-electron chi connectivity index (χ1n) is 12.2. The predicted molar refractivity (Wildman–Crippen MR) is 134 cm³/mol. The molecule has 36 heavy (non-hydrogen) atoms. The third-order valence-electron chi connectivity index (χ3n) is 6.03. The van der Waals surface area contributed by atoms with E-state index < -0.39 is 6.10 Å². The van der Waals surface area contributed by atoms with Crippen molar-refractivity contribution in [3.63, 3.8) is 0 Å². The van der Waals surface area contributed by atoms with Gasteiger partial charge in [0.25, 0.3) is 5.91 Å². The Morgan fingerprint density at radius 3 is 2.86 bits per heavy atom. The number of likely N-dealkylation sites (N-methyl/N-ethyl adjacent to an activating group) is 1. The van der Waals surface area contributed by atoms with Gasteiger partial charge in [0.15, 0.2) is 5.82 Å². The van der Waals surface area contributed by atoms with Crippen molar-refractivity contribution in [2.24, 2.45) is 5.92 Å². The minimum absolute atomic E-state index is 0.142. The van der Waals surface area contributed by atoms with E-state index in [-0.39, 0.29) is 24.1 Å². The zero-order valence-corrected chi connectivity index (χ0v) is 20.9. The molecule has 0 bridgehead atoms. The maximum absolute atomic E-state index is 13.1. The van der Waals surface area contributed by atoms with Crippen LogP contribution in [0, 0.1) is 19.8 Å². The van der Waals surface area contributed by atoms with Gasteiger partial charge in [-0.1, -0.05) is 17.3 Å². The molecule has 0 spiro atoms. The number of amides is 1. The Balaban J connectivity index is 1.63. The van der Waals surface area contributed by atoms with Gasteiger partial charge in [0.1, 0.15) is 29.9 Å². The molecule has 3 aromatic rings. The number of aromatic nitrogens is 3. The fourth-order valence-electron chi connectivity index (χ4n) is 4.18. The molecule has 2 unspecified atom stereocenters. The lowest BCUT2D eigenvalue weighted by Crippen LogP contribution is -2.33.